The highest BCUT2D eigenvalue weighted by atomic mass is 79.9. The molecule has 0 aliphatic rings. The van der Waals surface area contributed by atoms with E-state index in [1.165, 1.54) is 10.4 Å². The van der Waals surface area contributed by atoms with Crippen molar-refractivity contribution in [3.05, 3.63) is 22.7 Å². The van der Waals surface area contributed by atoms with Gasteiger partial charge in [0.15, 0.2) is 0 Å². The molecular formula is C12H16BrN3O2S. The van der Waals surface area contributed by atoms with Gasteiger partial charge in [0.1, 0.15) is 0 Å². The van der Waals surface area contributed by atoms with E-state index in [-0.39, 0.29) is 23.9 Å². The van der Waals surface area contributed by atoms with Crippen molar-refractivity contribution in [2.45, 2.75) is 31.2 Å². The monoisotopic (exact) mass is 345 g/mol. The summed E-state index contributed by atoms with van der Waals surface area (Å²) >= 11 is 3.22. The minimum Gasteiger partial charge on any atom is -0.399 e. The number of hydrogen-bond acceptors (Lipinski definition) is 4. The van der Waals surface area contributed by atoms with E-state index in [0.717, 1.165) is 0 Å². The van der Waals surface area contributed by atoms with Crippen LogP contribution < -0.4 is 5.73 Å². The maximum Gasteiger partial charge on any atom is 0.244 e. The fraction of sp³-hybridized carbons (Fsp3) is 0.417. The van der Waals surface area contributed by atoms with Crippen LogP contribution in [0.5, 0.6) is 0 Å². The quantitative estimate of drug-likeness (QED) is 0.829. The van der Waals surface area contributed by atoms with Gasteiger partial charge in [0.25, 0.3) is 0 Å². The minimum absolute atomic E-state index is 0.157. The zero-order chi connectivity index (χ0) is 14.6. The summed E-state index contributed by atoms with van der Waals surface area (Å²) in [6.07, 6.45) is 0.157. The van der Waals surface area contributed by atoms with Gasteiger partial charge in [-0.3, -0.25) is 0 Å². The van der Waals surface area contributed by atoms with Crippen molar-refractivity contribution in [3.63, 3.8) is 0 Å². The van der Waals surface area contributed by atoms with E-state index >= 15 is 0 Å². The van der Waals surface area contributed by atoms with Crippen LogP contribution in [0.3, 0.4) is 0 Å². The van der Waals surface area contributed by atoms with Crippen molar-refractivity contribution in [2.75, 3.05) is 12.3 Å². The summed E-state index contributed by atoms with van der Waals surface area (Å²) < 4.78 is 26.9. The first-order valence-corrected chi connectivity index (χ1v) is 7.98. The highest BCUT2D eigenvalue weighted by Gasteiger charge is 2.28. The highest BCUT2D eigenvalue weighted by Crippen LogP contribution is 2.28. The average molecular weight is 346 g/mol. The number of nitriles is 1. The van der Waals surface area contributed by atoms with Crippen molar-refractivity contribution in [2.24, 2.45) is 0 Å². The molecule has 0 radical (unpaired) electrons. The molecule has 0 aliphatic heterocycles. The Morgan fingerprint density at radius 1 is 1.47 bits per heavy atom. The summed E-state index contributed by atoms with van der Waals surface area (Å²) in [5, 5.41) is 8.63. The van der Waals surface area contributed by atoms with Gasteiger partial charge < -0.3 is 5.73 Å². The standard InChI is InChI=1S/C12H16BrN3O2S/c1-9(2)16(7-3-6-14)19(17,18)12-5-4-10(15)8-11(12)13/h4-5,8-9H,3,7,15H2,1-2H3. The number of nitrogens with zero attached hydrogens (tertiary/aromatic N) is 2. The van der Waals surface area contributed by atoms with Gasteiger partial charge in [-0.25, -0.2) is 8.42 Å². The molecule has 2 N–H and O–H groups in total. The van der Waals surface area contributed by atoms with Gasteiger partial charge in [0.05, 0.1) is 11.0 Å². The Kier molecular flexibility index (Phi) is 5.35. The number of benzene rings is 1. The van der Waals surface area contributed by atoms with E-state index in [9.17, 15) is 8.42 Å². The van der Waals surface area contributed by atoms with Gasteiger partial charge in [-0.2, -0.15) is 9.57 Å². The molecule has 7 heteroatoms. The van der Waals surface area contributed by atoms with Gasteiger partial charge >= 0.3 is 0 Å². The molecule has 0 unspecified atom stereocenters. The van der Waals surface area contributed by atoms with Crippen molar-refractivity contribution < 1.29 is 8.42 Å². The lowest BCUT2D eigenvalue weighted by Crippen LogP contribution is -2.37. The highest BCUT2D eigenvalue weighted by molar-refractivity contribution is 9.10. The lowest BCUT2D eigenvalue weighted by atomic mass is 10.3. The molecule has 0 aliphatic carbocycles. The van der Waals surface area contributed by atoms with Crippen LogP contribution in [0.15, 0.2) is 27.6 Å². The Morgan fingerprint density at radius 3 is 2.58 bits per heavy atom. The Hall–Kier alpha value is -1.10. The first-order chi connectivity index (χ1) is 8.80. The van der Waals surface area contributed by atoms with Gasteiger partial charge in [-0.1, -0.05) is 0 Å². The van der Waals surface area contributed by atoms with Gasteiger partial charge in [-0.15, -0.1) is 0 Å². The zero-order valence-electron chi connectivity index (χ0n) is 10.8. The van der Waals surface area contributed by atoms with Crippen molar-refractivity contribution in [3.8, 4) is 6.07 Å². The van der Waals surface area contributed by atoms with E-state index in [4.69, 9.17) is 11.0 Å². The fourth-order valence-electron chi connectivity index (χ4n) is 1.67. The lowest BCUT2D eigenvalue weighted by molar-refractivity contribution is 0.360. The summed E-state index contributed by atoms with van der Waals surface area (Å²) in [4.78, 5) is 0.160. The molecule has 104 valence electrons. The second-order valence-corrected chi connectivity index (χ2v) is 7.02. The normalized spacial score (nSPS) is 11.8. The number of anilines is 1. The number of rotatable bonds is 5. The lowest BCUT2D eigenvalue weighted by Gasteiger charge is -2.25. The third-order valence-electron chi connectivity index (χ3n) is 2.56. The predicted molar refractivity (Wildman–Crippen MR) is 77.8 cm³/mol. The number of nitrogens with two attached hydrogens (primary N) is 1. The van der Waals surface area contributed by atoms with E-state index in [1.807, 2.05) is 6.07 Å². The molecule has 1 aromatic rings. The summed E-state index contributed by atoms with van der Waals surface area (Å²) in [6, 6.07) is 6.31. The summed E-state index contributed by atoms with van der Waals surface area (Å²) in [7, 11) is -3.64. The van der Waals surface area contributed by atoms with Crippen LogP contribution in [0, 0.1) is 11.3 Å². The Morgan fingerprint density at radius 2 is 2.11 bits per heavy atom. The molecule has 1 rings (SSSR count). The summed E-state index contributed by atoms with van der Waals surface area (Å²) in [5.74, 6) is 0. The van der Waals surface area contributed by atoms with E-state index < -0.39 is 10.0 Å². The molecule has 0 spiro atoms. The van der Waals surface area contributed by atoms with Crippen LogP contribution in [0.2, 0.25) is 0 Å². The zero-order valence-corrected chi connectivity index (χ0v) is 13.2. The summed E-state index contributed by atoms with van der Waals surface area (Å²) in [6.45, 7) is 3.73. The maximum atomic E-state index is 12.6. The van der Waals surface area contributed by atoms with Crippen LogP contribution in [-0.2, 0) is 10.0 Å². The second kappa shape index (κ2) is 6.37. The molecule has 0 saturated heterocycles. The molecule has 0 amide bonds. The number of sulfonamides is 1. The Labute approximate surface area is 122 Å². The van der Waals surface area contributed by atoms with Gasteiger partial charge in [-0.05, 0) is 48.0 Å². The SMILES string of the molecule is CC(C)N(CCC#N)S(=O)(=O)c1ccc(N)cc1Br. The minimum atomic E-state index is -3.64. The van der Waals surface area contributed by atoms with Crippen LogP contribution >= 0.6 is 15.9 Å². The van der Waals surface area contributed by atoms with Crippen LogP contribution in [-0.4, -0.2) is 25.3 Å². The average Bonchev–Trinajstić information content (AvgIpc) is 2.27. The topological polar surface area (TPSA) is 87.2 Å². The molecule has 0 bridgehead atoms. The van der Waals surface area contributed by atoms with Crippen LogP contribution in [0.25, 0.3) is 0 Å². The third kappa shape index (κ3) is 3.69. The van der Waals surface area contributed by atoms with E-state index in [1.54, 1.807) is 26.0 Å². The Balaban J connectivity index is 3.23. The Bertz CT molecular complexity index is 593. The molecular weight excluding hydrogens is 330 g/mol. The van der Waals surface area contributed by atoms with Crippen molar-refractivity contribution >= 4 is 31.6 Å². The smallest absolute Gasteiger partial charge is 0.244 e. The predicted octanol–water partition coefficient (Wildman–Crippen LogP) is 2.34. The number of halogens is 1. The van der Waals surface area contributed by atoms with E-state index in [2.05, 4.69) is 15.9 Å². The maximum absolute atomic E-state index is 12.6. The second-order valence-electron chi connectivity index (χ2n) is 4.31. The largest absolute Gasteiger partial charge is 0.399 e. The molecule has 0 saturated carbocycles. The molecule has 0 heterocycles. The van der Waals surface area contributed by atoms with Crippen molar-refractivity contribution in [1.82, 2.24) is 4.31 Å². The molecule has 0 fully saturated rings. The number of hydrogen-bond donors (Lipinski definition) is 1. The molecule has 1 aromatic carbocycles. The van der Waals surface area contributed by atoms with Crippen LogP contribution in [0.4, 0.5) is 5.69 Å². The van der Waals surface area contributed by atoms with Gasteiger partial charge in [0.2, 0.25) is 10.0 Å². The van der Waals surface area contributed by atoms with Gasteiger partial charge in [0, 0.05) is 29.2 Å². The first-order valence-electron chi connectivity index (χ1n) is 5.74. The molecule has 5 nitrogen and oxygen atoms in total. The molecule has 0 aromatic heterocycles. The fourth-order valence-corrected chi connectivity index (χ4v) is 4.36. The molecule has 19 heavy (non-hydrogen) atoms. The first kappa shape index (κ1) is 16.0. The van der Waals surface area contributed by atoms with Crippen molar-refractivity contribution in [1.29, 1.82) is 5.26 Å². The summed E-state index contributed by atoms with van der Waals surface area (Å²) in [5.41, 5.74) is 6.09. The third-order valence-corrected chi connectivity index (χ3v) is 5.61. The van der Waals surface area contributed by atoms with E-state index in [0.29, 0.717) is 10.2 Å². The van der Waals surface area contributed by atoms with Crippen LogP contribution in [0.1, 0.15) is 20.3 Å². The molecule has 0 atom stereocenters. The number of nitrogen functional groups attached to an aromatic ring is 1.